The smallest absolute Gasteiger partial charge is 0.274 e. The summed E-state index contributed by atoms with van der Waals surface area (Å²) in [6.45, 7) is 1.84. The van der Waals surface area contributed by atoms with Gasteiger partial charge in [0.05, 0.1) is 30.9 Å². The number of nitrogens with zero attached hydrogens (tertiary/aromatic N) is 2. The van der Waals surface area contributed by atoms with Gasteiger partial charge in [0.1, 0.15) is 5.76 Å². The van der Waals surface area contributed by atoms with Gasteiger partial charge in [0.15, 0.2) is 0 Å². The molecule has 1 aromatic carbocycles. The first-order valence-corrected chi connectivity index (χ1v) is 6.52. The number of hydrogen-bond acceptors (Lipinski definition) is 4. The van der Waals surface area contributed by atoms with Crippen molar-refractivity contribution in [2.24, 2.45) is 0 Å². The lowest BCUT2D eigenvalue weighted by atomic mass is 10.2. The Hall–Kier alpha value is -2.40. The van der Waals surface area contributed by atoms with Gasteiger partial charge in [0, 0.05) is 11.9 Å². The van der Waals surface area contributed by atoms with Crippen molar-refractivity contribution < 1.29 is 4.42 Å². The minimum atomic E-state index is -0.0529. The molecule has 5 heteroatoms. The Balaban J connectivity index is 1.66. The highest BCUT2D eigenvalue weighted by atomic mass is 16.3. The van der Waals surface area contributed by atoms with Crippen LogP contribution < -0.4 is 10.9 Å². The van der Waals surface area contributed by atoms with Gasteiger partial charge in [0.2, 0.25) is 0 Å². The predicted octanol–water partition coefficient (Wildman–Crippen LogP) is 1.78. The Bertz CT molecular complexity index is 747. The van der Waals surface area contributed by atoms with E-state index in [0.29, 0.717) is 25.0 Å². The minimum absolute atomic E-state index is 0.0529. The molecule has 0 atom stereocenters. The lowest BCUT2D eigenvalue weighted by molar-refractivity contribution is 0.466. The topological polar surface area (TPSA) is 60.1 Å². The molecule has 0 unspecified atom stereocenters. The van der Waals surface area contributed by atoms with Crippen molar-refractivity contribution in [3.63, 3.8) is 0 Å². The number of hydrogen-bond donors (Lipinski definition) is 1. The number of nitrogens with one attached hydrogen (secondary N) is 1. The maximum Gasteiger partial charge on any atom is 0.274 e. The van der Waals surface area contributed by atoms with Crippen LogP contribution in [0.1, 0.15) is 5.76 Å². The molecule has 0 amide bonds. The van der Waals surface area contributed by atoms with Crippen LogP contribution in [0.15, 0.2) is 58.1 Å². The average molecular weight is 269 g/mol. The highest BCUT2D eigenvalue weighted by Crippen LogP contribution is 2.06. The summed E-state index contributed by atoms with van der Waals surface area (Å²) in [6, 6.07) is 11.2. The van der Waals surface area contributed by atoms with E-state index in [9.17, 15) is 4.79 Å². The first-order chi connectivity index (χ1) is 9.84. The zero-order valence-corrected chi connectivity index (χ0v) is 11.0. The van der Waals surface area contributed by atoms with E-state index in [2.05, 4.69) is 10.4 Å². The molecule has 0 bridgehead atoms. The lowest BCUT2D eigenvalue weighted by Gasteiger charge is -2.06. The van der Waals surface area contributed by atoms with E-state index < -0.39 is 0 Å². The molecule has 0 saturated carbocycles. The summed E-state index contributed by atoms with van der Waals surface area (Å²) < 4.78 is 6.70. The summed E-state index contributed by atoms with van der Waals surface area (Å²) in [5.41, 5.74) is -0.0529. The first-order valence-electron chi connectivity index (χ1n) is 6.52. The molecule has 3 rings (SSSR count). The van der Waals surface area contributed by atoms with Crippen LogP contribution in [0.5, 0.6) is 0 Å². The Morgan fingerprint density at radius 1 is 1.20 bits per heavy atom. The fourth-order valence-electron chi connectivity index (χ4n) is 2.10. The molecule has 5 nitrogen and oxygen atoms in total. The van der Waals surface area contributed by atoms with Gasteiger partial charge in [-0.05, 0) is 18.2 Å². The Morgan fingerprint density at radius 3 is 2.95 bits per heavy atom. The van der Waals surface area contributed by atoms with Crippen LogP contribution in [-0.2, 0) is 13.1 Å². The monoisotopic (exact) mass is 269 g/mol. The van der Waals surface area contributed by atoms with Crippen LogP contribution in [0.25, 0.3) is 10.8 Å². The van der Waals surface area contributed by atoms with Crippen molar-refractivity contribution in [3.05, 3.63) is 65.0 Å². The third-order valence-corrected chi connectivity index (χ3v) is 3.14. The van der Waals surface area contributed by atoms with E-state index in [1.807, 2.05) is 36.4 Å². The molecule has 1 N–H and O–H groups in total. The van der Waals surface area contributed by atoms with E-state index in [1.165, 1.54) is 4.68 Å². The van der Waals surface area contributed by atoms with Crippen molar-refractivity contribution in [1.29, 1.82) is 0 Å². The van der Waals surface area contributed by atoms with Gasteiger partial charge in [-0.15, -0.1) is 0 Å². The molecule has 0 aliphatic heterocycles. The molecule has 0 aliphatic rings. The summed E-state index contributed by atoms with van der Waals surface area (Å²) in [7, 11) is 0. The molecule has 2 heterocycles. The van der Waals surface area contributed by atoms with Crippen LogP contribution >= 0.6 is 0 Å². The second-order valence-corrected chi connectivity index (χ2v) is 4.52. The summed E-state index contributed by atoms with van der Waals surface area (Å²) in [5.74, 6) is 0.879. The summed E-state index contributed by atoms with van der Waals surface area (Å²) in [4.78, 5) is 12.2. The lowest BCUT2D eigenvalue weighted by Crippen LogP contribution is -2.28. The van der Waals surface area contributed by atoms with E-state index in [1.54, 1.807) is 12.5 Å². The van der Waals surface area contributed by atoms with Gasteiger partial charge in [-0.1, -0.05) is 18.2 Å². The quantitative estimate of drug-likeness (QED) is 0.717. The van der Waals surface area contributed by atoms with Crippen molar-refractivity contribution in [2.75, 3.05) is 6.54 Å². The van der Waals surface area contributed by atoms with Crippen LogP contribution in [0, 0.1) is 0 Å². The van der Waals surface area contributed by atoms with Crippen LogP contribution in [0.4, 0.5) is 0 Å². The largest absolute Gasteiger partial charge is 0.468 e. The maximum absolute atomic E-state index is 12.2. The third-order valence-electron chi connectivity index (χ3n) is 3.14. The number of furan rings is 1. The second-order valence-electron chi connectivity index (χ2n) is 4.52. The molecule has 102 valence electrons. The number of benzene rings is 1. The highest BCUT2D eigenvalue weighted by molar-refractivity contribution is 5.80. The van der Waals surface area contributed by atoms with Gasteiger partial charge in [-0.2, -0.15) is 5.10 Å². The second kappa shape index (κ2) is 5.71. The van der Waals surface area contributed by atoms with E-state index in [-0.39, 0.29) is 5.56 Å². The van der Waals surface area contributed by atoms with Gasteiger partial charge >= 0.3 is 0 Å². The maximum atomic E-state index is 12.2. The first kappa shape index (κ1) is 12.6. The molecular formula is C15H15N3O2. The van der Waals surface area contributed by atoms with E-state index in [0.717, 1.165) is 11.1 Å². The number of aromatic nitrogens is 2. The fraction of sp³-hybridized carbons (Fsp3) is 0.200. The highest BCUT2D eigenvalue weighted by Gasteiger charge is 2.03. The van der Waals surface area contributed by atoms with Crippen LogP contribution in [0.3, 0.4) is 0 Å². The van der Waals surface area contributed by atoms with Crippen molar-refractivity contribution in [1.82, 2.24) is 15.1 Å². The summed E-state index contributed by atoms with van der Waals surface area (Å²) >= 11 is 0. The number of fused-ring (bicyclic) bond motifs is 1. The Morgan fingerprint density at radius 2 is 2.10 bits per heavy atom. The zero-order chi connectivity index (χ0) is 13.8. The molecule has 20 heavy (non-hydrogen) atoms. The zero-order valence-electron chi connectivity index (χ0n) is 11.0. The molecule has 0 spiro atoms. The van der Waals surface area contributed by atoms with Gasteiger partial charge in [0.25, 0.3) is 5.56 Å². The van der Waals surface area contributed by atoms with Crippen molar-refractivity contribution >= 4 is 10.8 Å². The van der Waals surface area contributed by atoms with Crippen molar-refractivity contribution in [2.45, 2.75) is 13.1 Å². The van der Waals surface area contributed by atoms with Crippen molar-refractivity contribution in [3.8, 4) is 0 Å². The SMILES string of the molecule is O=c1c2ccccc2cnn1CCNCc1ccco1. The third kappa shape index (κ3) is 2.62. The number of rotatable bonds is 5. The predicted molar refractivity (Wildman–Crippen MR) is 76.4 cm³/mol. The molecule has 0 radical (unpaired) electrons. The standard InChI is InChI=1S/C15H15N3O2/c19-15-14-6-2-1-4-12(14)10-17-18(15)8-7-16-11-13-5-3-9-20-13/h1-6,9-10,16H,7-8,11H2. The minimum Gasteiger partial charge on any atom is -0.468 e. The summed E-state index contributed by atoms with van der Waals surface area (Å²) in [5, 5.41) is 8.97. The normalized spacial score (nSPS) is 11.0. The van der Waals surface area contributed by atoms with E-state index in [4.69, 9.17) is 4.42 Å². The van der Waals surface area contributed by atoms with Gasteiger partial charge in [-0.3, -0.25) is 4.79 Å². The fourth-order valence-corrected chi connectivity index (χ4v) is 2.10. The van der Waals surface area contributed by atoms with Crippen LogP contribution in [-0.4, -0.2) is 16.3 Å². The van der Waals surface area contributed by atoms with Gasteiger partial charge in [-0.25, -0.2) is 4.68 Å². The van der Waals surface area contributed by atoms with Crippen LogP contribution in [0.2, 0.25) is 0 Å². The summed E-state index contributed by atoms with van der Waals surface area (Å²) in [6.07, 6.45) is 3.37. The van der Waals surface area contributed by atoms with Gasteiger partial charge < -0.3 is 9.73 Å². The molecule has 0 saturated heterocycles. The molecular weight excluding hydrogens is 254 g/mol. The van der Waals surface area contributed by atoms with E-state index >= 15 is 0 Å². The molecule has 3 aromatic rings. The average Bonchev–Trinajstić information content (AvgIpc) is 2.99. The Kier molecular flexibility index (Phi) is 3.60. The molecule has 0 fully saturated rings. The molecule has 0 aliphatic carbocycles. The molecule has 2 aromatic heterocycles. The Labute approximate surface area is 115 Å².